The molecule has 0 atom stereocenters. The van der Waals surface area contributed by atoms with E-state index in [0.717, 1.165) is 0 Å². The molecule has 32 heavy (non-hydrogen) atoms. The predicted octanol–water partition coefficient (Wildman–Crippen LogP) is 4.02. The van der Waals surface area contributed by atoms with E-state index in [4.69, 9.17) is 11.1 Å². The first-order chi connectivity index (χ1) is 15.0. The zero-order chi connectivity index (χ0) is 23.8. The fraction of sp³-hybridized carbons (Fsp3) is 0.333. The Morgan fingerprint density at radius 2 is 0.750 bits per heavy atom. The van der Waals surface area contributed by atoms with Gasteiger partial charge in [-0.2, -0.15) is 0 Å². The van der Waals surface area contributed by atoms with E-state index < -0.39 is 7.38 Å². The highest BCUT2D eigenvalue weighted by Gasteiger charge is 2.39. The third-order valence-electron chi connectivity index (χ3n) is 6.23. The van der Waals surface area contributed by atoms with Crippen LogP contribution in [0, 0.1) is 20.8 Å². The predicted molar refractivity (Wildman–Crippen MR) is 147 cm³/mol. The summed E-state index contributed by atoms with van der Waals surface area (Å²) in [5.41, 5.74) is 7.40. The van der Waals surface area contributed by atoms with Crippen molar-refractivity contribution in [2.45, 2.75) is 20.8 Å². The van der Waals surface area contributed by atoms with Crippen LogP contribution >= 0.6 is 11.1 Å². The minimum atomic E-state index is -2.73. The molecule has 0 saturated carbocycles. The molecule has 0 amide bonds. The molecule has 3 rings (SSSR count). The topological polar surface area (TPSA) is 9.72 Å². The zero-order valence-corrected chi connectivity index (χ0v) is 22.7. The van der Waals surface area contributed by atoms with Gasteiger partial charge in [-0.15, -0.1) is 11.1 Å². The third-order valence-corrected chi connectivity index (χ3v) is 11.5. The van der Waals surface area contributed by atoms with E-state index in [1.807, 2.05) is 0 Å². The van der Waals surface area contributed by atoms with Crippen molar-refractivity contribution in [3.8, 4) is 0 Å². The van der Waals surface area contributed by atoms with Gasteiger partial charge in [-0.25, -0.2) is 0 Å². The van der Waals surface area contributed by atoms with E-state index in [-0.39, 0.29) is 0 Å². The van der Waals surface area contributed by atoms with Crippen LogP contribution in [0.5, 0.6) is 0 Å². The first-order valence-corrected chi connectivity index (χ1v) is 14.0. The van der Waals surface area contributed by atoms with Crippen LogP contribution in [0.15, 0.2) is 54.6 Å². The van der Waals surface area contributed by atoms with E-state index in [1.54, 1.807) is 0 Å². The maximum atomic E-state index is 7.83. The maximum Gasteiger partial charge on any atom is 0.247 e. The van der Waals surface area contributed by atoms with Gasteiger partial charge in [0.2, 0.25) is 7.38 Å². The molecule has 0 spiro atoms. The molecule has 0 unspecified atom stereocenters. The lowest BCUT2D eigenvalue weighted by atomic mass is 10.2. The summed E-state index contributed by atoms with van der Waals surface area (Å²) in [6.45, 7) is 6.52. The normalized spacial score (nSPS) is 11.4. The third kappa shape index (κ3) is 4.39. The summed E-state index contributed by atoms with van der Waals surface area (Å²) in [6, 6.07) is 20.2. The summed E-state index contributed by atoms with van der Waals surface area (Å²) < 4.78 is 0. The SMILES string of the molecule is Cc1cc([Si](Cl)(c2ccc(N(C)C)c(C)c2)c2ccc(N(C)C)c(C)c2)ccc1N(C)C. The summed E-state index contributed by atoms with van der Waals surface area (Å²) in [5.74, 6) is 0. The van der Waals surface area contributed by atoms with Gasteiger partial charge in [0.25, 0.3) is 0 Å². The number of halogens is 1. The number of hydrogen-bond acceptors (Lipinski definition) is 3. The average molecular weight is 466 g/mol. The van der Waals surface area contributed by atoms with Gasteiger partial charge in [0, 0.05) is 59.3 Å². The quantitative estimate of drug-likeness (QED) is 0.309. The van der Waals surface area contributed by atoms with Crippen LogP contribution in [-0.2, 0) is 0 Å². The van der Waals surface area contributed by atoms with Crippen molar-refractivity contribution in [1.82, 2.24) is 0 Å². The molecule has 0 radical (unpaired) electrons. The van der Waals surface area contributed by atoms with E-state index in [1.165, 1.54) is 49.3 Å². The lowest BCUT2D eigenvalue weighted by Crippen LogP contribution is -2.63. The van der Waals surface area contributed by atoms with Crippen molar-refractivity contribution in [3.05, 3.63) is 71.3 Å². The molecule has 0 fully saturated rings. The minimum Gasteiger partial charge on any atom is -0.377 e. The summed E-state index contributed by atoms with van der Waals surface area (Å²) in [7, 11) is 9.77. The van der Waals surface area contributed by atoms with Crippen molar-refractivity contribution in [2.24, 2.45) is 0 Å². The van der Waals surface area contributed by atoms with Gasteiger partial charge in [0.15, 0.2) is 0 Å². The summed E-state index contributed by atoms with van der Waals surface area (Å²) in [4.78, 5) is 6.47. The van der Waals surface area contributed by atoms with Crippen LogP contribution in [0.3, 0.4) is 0 Å². The Kier molecular flexibility index (Phi) is 6.96. The number of anilines is 3. The molecule has 3 nitrogen and oxygen atoms in total. The van der Waals surface area contributed by atoms with Crippen LogP contribution in [0.25, 0.3) is 0 Å². The fourth-order valence-corrected chi connectivity index (χ4v) is 8.86. The van der Waals surface area contributed by atoms with Gasteiger partial charge in [0.1, 0.15) is 0 Å². The van der Waals surface area contributed by atoms with Gasteiger partial charge in [-0.1, -0.05) is 36.4 Å². The molecular weight excluding hydrogens is 430 g/mol. The van der Waals surface area contributed by atoms with E-state index in [0.29, 0.717) is 0 Å². The number of nitrogens with zero attached hydrogens (tertiary/aromatic N) is 3. The standard InChI is InChI=1S/C27H36ClN3Si/c1-19-16-22(10-13-25(19)29(4)5)32(28,23-11-14-26(30(6)7)20(2)17-23)24-12-15-27(31(8)9)21(3)18-24/h10-18H,1-9H3. The second-order valence-corrected chi connectivity index (χ2v) is 14.1. The largest absolute Gasteiger partial charge is 0.377 e. The molecule has 170 valence electrons. The first kappa shape index (κ1) is 24.2. The van der Waals surface area contributed by atoms with Crippen LogP contribution < -0.4 is 30.3 Å². The molecular formula is C27H36ClN3Si. The summed E-state index contributed by atoms with van der Waals surface area (Å²) in [6.07, 6.45) is 0. The number of hydrogen-bond donors (Lipinski definition) is 0. The Balaban J connectivity index is 2.28. The summed E-state index contributed by atoms with van der Waals surface area (Å²) >= 11 is 7.83. The van der Waals surface area contributed by atoms with Gasteiger partial charge in [0.05, 0.1) is 0 Å². The fourth-order valence-electron chi connectivity index (χ4n) is 4.61. The molecule has 5 heteroatoms. The molecule has 0 bridgehead atoms. The molecule has 0 aliphatic rings. The van der Waals surface area contributed by atoms with Crippen molar-refractivity contribution in [2.75, 3.05) is 57.0 Å². The lowest BCUT2D eigenvalue weighted by molar-refractivity contribution is 1.11. The Morgan fingerprint density at radius 3 is 0.938 bits per heavy atom. The molecule has 3 aromatic rings. The Bertz CT molecular complexity index is 982. The van der Waals surface area contributed by atoms with Crippen LogP contribution in [0.1, 0.15) is 16.7 Å². The van der Waals surface area contributed by atoms with Crippen LogP contribution in [0.2, 0.25) is 0 Å². The van der Waals surface area contributed by atoms with Gasteiger partial charge in [-0.3, -0.25) is 0 Å². The lowest BCUT2D eigenvalue weighted by Gasteiger charge is -2.30. The first-order valence-electron chi connectivity index (χ1n) is 11.0. The molecule has 0 N–H and O–H groups in total. The highest BCUT2D eigenvalue weighted by molar-refractivity contribution is 7.40. The van der Waals surface area contributed by atoms with Crippen LogP contribution in [-0.4, -0.2) is 49.7 Å². The van der Waals surface area contributed by atoms with Gasteiger partial charge in [-0.05, 0) is 71.2 Å². The number of benzene rings is 3. The second kappa shape index (κ2) is 9.20. The minimum absolute atomic E-state index is 1.22. The van der Waals surface area contributed by atoms with Crippen molar-refractivity contribution < 1.29 is 0 Å². The molecule has 0 heterocycles. The molecule has 0 aliphatic carbocycles. The van der Waals surface area contributed by atoms with E-state index in [2.05, 4.69) is 132 Å². The number of rotatable bonds is 6. The van der Waals surface area contributed by atoms with Crippen molar-refractivity contribution in [1.29, 1.82) is 0 Å². The average Bonchev–Trinajstić information content (AvgIpc) is 2.72. The van der Waals surface area contributed by atoms with E-state index >= 15 is 0 Å². The number of aryl methyl sites for hydroxylation is 3. The highest BCUT2D eigenvalue weighted by Crippen LogP contribution is 2.24. The zero-order valence-electron chi connectivity index (χ0n) is 20.9. The van der Waals surface area contributed by atoms with Crippen molar-refractivity contribution >= 4 is 51.1 Å². The van der Waals surface area contributed by atoms with Gasteiger partial charge >= 0.3 is 0 Å². The molecule has 0 aromatic heterocycles. The Labute approximate surface area is 199 Å². The Hall–Kier alpha value is -2.43. The molecule has 0 saturated heterocycles. The Morgan fingerprint density at radius 1 is 0.500 bits per heavy atom. The highest BCUT2D eigenvalue weighted by atomic mass is 35.6. The molecule has 3 aromatic carbocycles. The van der Waals surface area contributed by atoms with E-state index in [9.17, 15) is 0 Å². The smallest absolute Gasteiger partial charge is 0.247 e. The monoisotopic (exact) mass is 465 g/mol. The van der Waals surface area contributed by atoms with Gasteiger partial charge < -0.3 is 14.7 Å². The summed E-state index contributed by atoms with van der Waals surface area (Å²) in [5, 5.41) is 3.66. The second-order valence-electron chi connectivity index (χ2n) is 9.35. The van der Waals surface area contributed by atoms with Crippen LogP contribution in [0.4, 0.5) is 17.1 Å². The molecule has 0 aliphatic heterocycles. The maximum absolute atomic E-state index is 7.83. The van der Waals surface area contributed by atoms with Crippen molar-refractivity contribution in [3.63, 3.8) is 0 Å².